The van der Waals surface area contributed by atoms with Crippen molar-refractivity contribution in [3.63, 3.8) is 0 Å². The van der Waals surface area contributed by atoms with Crippen LogP contribution in [0.1, 0.15) is 17.2 Å². The molecule has 19 heavy (non-hydrogen) atoms. The van der Waals surface area contributed by atoms with Gasteiger partial charge < -0.3 is 5.73 Å². The van der Waals surface area contributed by atoms with Gasteiger partial charge in [-0.25, -0.2) is 13.2 Å². The van der Waals surface area contributed by atoms with Crippen molar-refractivity contribution in [3.8, 4) is 0 Å². The van der Waals surface area contributed by atoms with Gasteiger partial charge in [0.1, 0.15) is 17.5 Å². The van der Waals surface area contributed by atoms with Gasteiger partial charge >= 0.3 is 0 Å². The molecule has 0 spiro atoms. The minimum Gasteiger partial charge on any atom is -0.320 e. The van der Waals surface area contributed by atoms with Crippen LogP contribution in [-0.4, -0.2) is 0 Å². The van der Waals surface area contributed by atoms with Gasteiger partial charge in [0.25, 0.3) is 0 Å². The minimum absolute atomic E-state index is 0.00741. The number of benzene rings is 2. The molecule has 0 aliphatic rings. The van der Waals surface area contributed by atoms with Gasteiger partial charge in [-0.05, 0) is 45.8 Å². The molecule has 2 aromatic carbocycles. The van der Waals surface area contributed by atoms with Crippen LogP contribution in [0.3, 0.4) is 0 Å². The molecule has 0 aliphatic heterocycles. The normalized spacial score (nSPS) is 12.5. The number of hydrogen-bond donors (Lipinski definition) is 1. The topological polar surface area (TPSA) is 26.0 Å². The van der Waals surface area contributed by atoms with Gasteiger partial charge in [0, 0.05) is 10.0 Å². The van der Waals surface area contributed by atoms with E-state index in [9.17, 15) is 13.2 Å². The Morgan fingerprint density at radius 1 is 0.842 bits per heavy atom. The second kappa shape index (κ2) is 5.64. The fourth-order valence-corrected chi connectivity index (χ4v) is 2.61. The molecule has 0 radical (unpaired) electrons. The average molecular weight is 395 g/mol. The van der Waals surface area contributed by atoms with Gasteiger partial charge in [-0.3, -0.25) is 0 Å². The molecule has 0 heterocycles. The summed E-state index contributed by atoms with van der Waals surface area (Å²) < 4.78 is 40.7. The quantitative estimate of drug-likeness (QED) is 0.735. The second-order valence-corrected chi connectivity index (χ2v) is 5.64. The highest BCUT2D eigenvalue weighted by Crippen LogP contribution is 2.31. The van der Waals surface area contributed by atoms with E-state index in [0.717, 1.165) is 12.1 Å². The molecule has 2 N–H and O–H groups in total. The van der Waals surface area contributed by atoms with Gasteiger partial charge in [-0.15, -0.1) is 0 Å². The molecule has 0 saturated carbocycles. The first-order valence-electron chi connectivity index (χ1n) is 5.25. The third-order valence-electron chi connectivity index (χ3n) is 2.67. The van der Waals surface area contributed by atoms with Crippen molar-refractivity contribution in [2.45, 2.75) is 6.04 Å². The third kappa shape index (κ3) is 3.01. The Hall–Kier alpha value is -0.850. The first kappa shape index (κ1) is 14.6. The van der Waals surface area contributed by atoms with Crippen molar-refractivity contribution >= 4 is 31.9 Å². The van der Waals surface area contributed by atoms with E-state index >= 15 is 0 Å². The molecule has 6 heteroatoms. The van der Waals surface area contributed by atoms with Crippen LogP contribution in [0, 0.1) is 17.5 Å². The number of nitrogens with two attached hydrogens (primary N) is 1. The number of hydrogen-bond acceptors (Lipinski definition) is 1. The molecule has 0 aliphatic carbocycles. The van der Waals surface area contributed by atoms with Crippen molar-refractivity contribution in [2.75, 3.05) is 0 Å². The average Bonchev–Trinajstić information content (AvgIpc) is 2.33. The molecule has 0 amide bonds. The molecule has 2 aromatic rings. The van der Waals surface area contributed by atoms with Gasteiger partial charge in [-0.2, -0.15) is 0 Å². The van der Waals surface area contributed by atoms with Gasteiger partial charge in [0.15, 0.2) is 0 Å². The zero-order valence-corrected chi connectivity index (χ0v) is 12.6. The summed E-state index contributed by atoms with van der Waals surface area (Å²) in [4.78, 5) is 0. The van der Waals surface area contributed by atoms with E-state index in [1.165, 1.54) is 18.2 Å². The molecule has 0 aromatic heterocycles. The van der Waals surface area contributed by atoms with E-state index in [1.54, 1.807) is 0 Å². The summed E-state index contributed by atoms with van der Waals surface area (Å²) >= 11 is 6.05. The van der Waals surface area contributed by atoms with Crippen LogP contribution in [0.5, 0.6) is 0 Å². The lowest BCUT2D eigenvalue weighted by Gasteiger charge is -2.15. The maximum atomic E-state index is 13.8. The fourth-order valence-electron chi connectivity index (χ4n) is 1.70. The van der Waals surface area contributed by atoms with Gasteiger partial charge in [0.05, 0.1) is 10.5 Å². The van der Waals surface area contributed by atoms with E-state index < -0.39 is 23.5 Å². The third-order valence-corrected chi connectivity index (χ3v) is 3.97. The maximum absolute atomic E-state index is 13.8. The van der Waals surface area contributed by atoms with Gasteiger partial charge in [-0.1, -0.05) is 22.0 Å². The lowest BCUT2D eigenvalue weighted by atomic mass is 9.99. The zero-order valence-electron chi connectivity index (χ0n) is 9.43. The standard InChI is InChI=1S/C13H8Br2F3N/c14-9-3-6(16)1-2-7(9)13(19)8-4-12(18)10(15)5-11(8)17/h1-5,13H,19H2. The van der Waals surface area contributed by atoms with E-state index in [1.807, 2.05) is 0 Å². The predicted octanol–water partition coefficient (Wildman–Crippen LogP) is 4.68. The second-order valence-electron chi connectivity index (χ2n) is 3.93. The highest BCUT2D eigenvalue weighted by Gasteiger charge is 2.18. The van der Waals surface area contributed by atoms with Crippen LogP contribution < -0.4 is 5.73 Å². The monoisotopic (exact) mass is 393 g/mol. The minimum atomic E-state index is -0.891. The zero-order chi connectivity index (χ0) is 14.2. The summed E-state index contributed by atoms with van der Waals surface area (Å²) in [6, 6.07) is 5.03. The van der Waals surface area contributed by atoms with Crippen molar-refractivity contribution < 1.29 is 13.2 Å². The van der Waals surface area contributed by atoms with Crippen molar-refractivity contribution in [1.82, 2.24) is 0 Å². The Morgan fingerprint density at radius 3 is 2.16 bits per heavy atom. The molecule has 2 rings (SSSR count). The molecule has 0 saturated heterocycles. The van der Waals surface area contributed by atoms with E-state index in [-0.39, 0.29) is 10.0 Å². The SMILES string of the molecule is NC(c1cc(F)c(Br)cc1F)c1ccc(F)cc1Br. The van der Waals surface area contributed by atoms with Crippen molar-refractivity contribution in [1.29, 1.82) is 0 Å². The summed E-state index contributed by atoms with van der Waals surface area (Å²) in [5, 5.41) is 0. The highest BCUT2D eigenvalue weighted by molar-refractivity contribution is 9.10. The van der Waals surface area contributed by atoms with Crippen LogP contribution in [0.4, 0.5) is 13.2 Å². The van der Waals surface area contributed by atoms with E-state index in [0.29, 0.717) is 10.0 Å². The molecule has 100 valence electrons. The number of rotatable bonds is 2. The Balaban J connectivity index is 2.49. The van der Waals surface area contributed by atoms with Crippen LogP contribution >= 0.6 is 31.9 Å². The van der Waals surface area contributed by atoms with E-state index in [4.69, 9.17) is 5.73 Å². The predicted molar refractivity (Wildman–Crippen MR) is 74.2 cm³/mol. The first-order chi connectivity index (χ1) is 8.90. The first-order valence-corrected chi connectivity index (χ1v) is 6.83. The molecule has 0 bridgehead atoms. The van der Waals surface area contributed by atoms with Crippen molar-refractivity contribution in [3.05, 3.63) is 67.9 Å². The largest absolute Gasteiger partial charge is 0.320 e. The van der Waals surface area contributed by atoms with Gasteiger partial charge in [0.2, 0.25) is 0 Å². The lowest BCUT2D eigenvalue weighted by Crippen LogP contribution is -2.15. The smallest absolute Gasteiger partial charge is 0.137 e. The van der Waals surface area contributed by atoms with Crippen LogP contribution in [0.15, 0.2) is 39.3 Å². The molecule has 0 fully saturated rings. The maximum Gasteiger partial charge on any atom is 0.137 e. The van der Waals surface area contributed by atoms with Crippen LogP contribution in [0.2, 0.25) is 0 Å². The molecule has 1 unspecified atom stereocenters. The summed E-state index contributed by atoms with van der Waals surface area (Å²) in [5.41, 5.74) is 6.39. The summed E-state index contributed by atoms with van der Waals surface area (Å²) in [5.74, 6) is -1.67. The molecule has 1 nitrogen and oxygen atoms in total. The Morgan fingerprint density at radius 2 is 1.53 bits per heavy atom. The fraction of sp³-hybridized carbons (Fsp3) is 0.0769. The Kier molecular flexibility index (Phi) is 4.32. The van der Waals surface area contributed by atoms with Crippen LogP contribution in [-0.2, 0) is 0 Å². The summed E-state index contributed by atoms with van der Waals surface area (Å²) in [6.07, 6.45) is 0. The molecular formula is C13H8Br2F3N. The Labute approximate surface area is 124 Å². The highest BCUT2D eigenvalue weighted by atomic mass is 79.9. The van der Waals surface area contributed by atoms with Crippen molar-refractivity contribution in [2.24, 2.45) is 5.73 Å². The lowest BCUT2D eigenvalue weighted by molar-refractivity contribution is 0.571. The Bertz CT molecular complexity index is 632. The van der Waals surface area contributed by atoms with Crippen LogP contribution in [0.25, 0.3) is 0 Å². The summed E-state index contributed by atoms with van der Waals surface area (Å²) in [6.45, 7) is 0. The summed E-state index contributed by atoms with van der Waals surface area (Å²) in [7, 11) is 0. The molecule has 1 atom stereocenters. The number of halogens is 5. The van der Waals surface area contributed by atoms with E-state index in [2.05, 4.69) is 31.9 Å². The molecular weight excluding hydrogens is 387 g/mol.